The molecule has 0 aromatic heterocycles. The first-order chi connectivity index (χ1) is 6.33. The van der Waals surface area contributed by atoms with Gasteiger partial charge in [-0.25, -0.2) is 0 Å². The number of nitrogens with zero attached hydrogens (tertiary/aromatic N) is 1. The second kappa shape index (κ2) is 5.09. The minimum atomic E-state index is 0.957. The van der Waals surface area contributed by atoms with Crippen molar-refractivity contribution < 1.29 is 0 Å². The molecule has 13 heavy (non-hydrogen) atoms. The topological polar surface area (TPSA) is 12.4 Å². The third kappa shape index (κ3) is 3.52. The van der Waals surface area contributed by atoms with Crippen LogP contribution in [0.25, 0.3) is 0 Å². The van der Waals surface area contributed by atoms with Gasteiger partial charge >= 0.3 is 0 Å². The Morgan fingerprint density at radius 3 is 2.62 bits per heavy atom. The van der Waals surface area contributed by atoms with Crippen LogP contribution in [0.5, 0.6) is 0 Å². The van der Waals surface area contributed by atoms with Crippen molar-refractivity contribution in [2.75, 3.05) is 0 Å². The van der Waals surface area contributed by atoms with Crippen molar-refractivity contribution in [3.05, 3.63) is 60.3 Å². The van der Waals surface area contributed by atoms with E-state index in [-0.39, 0.29) is 0 Å². The lowest BCUT2D eigenvalue weighted by molar-refractivity contribution is 1.32. The highest BCUT2D eigenvalue weighted by Crippen LogP contribution is 1.98. The third-order valence-electron chi connectivity index (χ3n) is 1.58. The molecule has 0 saturated carbocycles. The Labute approximate surface area is 79.1 Å². The summed E-state index contributed by atoms with van der Waals surface area (Å²) in [5, 5.41) is 0. The van der Waals surface area contributed by atoms with Crippen LogP contribution in [0.15, 0.2) is 59.8 Å². The van der Waals surface area contributed by atoms with Gasteiger partial charge in [-0.2, -0.15) is 0 Å². The molecule has 1 rings (SSSR count). The van der Waals surface area contributed by atoms with Crippen LogP contribution in [-0.2, 0) is 0 Å². The van der Waals surface area contributed by atoms with Crippen LogP contribution in [0, 0.1) is 0 Å². The maximum atomic E-state index is 4.25. The minimum absolute atomic E-state index is 0.957. The molecule has 0 aliphatic rings. The first kappa shape index (κ1) is 9.46. The summed E-state index contributed by atoms with van der Waals surface area (Å²) in [6, 6.07) is 10.0. The van der Waals surface area contributed by atoms with E-state index >= 15 is 0 Å². The molecule has 0 radical (unpaired) electrons. The maximum absolute atomic E-state index is 4.25. The lowest BCUT2D eigenvalue weighted by atomic mass is 10.2. The van der Waals surface area contributed by atoms with Gasteiger partial charge in [0.1, 0.15) is 0 Å². The molecule has 0 bridgehead atoms. The summed E-state index contributed by atoms with van der Waals surface area (Å²) < 4.78 is 0. The summed E-state index contributed by atoms with van der Waals surface area (Å²) in [6.45, 7) is 5.55. The van der Waals surface area contributed by atoms with Gasteiger partial charge in [-0.3, -0.25) is 4.99 Å². The lowest BCUT2D eigenvalue weighted by Gasteiger charge is -1.91. The third-order valence-corrected chi connectivity index (χ3v) is 1.58. The Bertz CT molecular complexity index is 320. The zero-order chi connectivity index (χ0) is 9.52. The van der Waals surface area contributed by atoms with E-state index in [2.05, 4.69) is 11.6 Å². The van der Waals surface area contributed by atoms with E-state index in [9.17, 15) is 0 Å². The van der Waals surface area contributed by atoms with Gasteiger partial charge in [-0.05, 0) is 18.6 Å². The highest BCUT2D eigenvalue weighted by Gasteiger charge is 1.83. The summed E-state index contributed by atoms with van der Waals surface area (Å²) in [6.07, 6.45) is 5.45. The average molecular weight is 171 g/mol. The molecule has 1 aromatic carbocycles. The van der Waals surface area contributed by atoms with Crippen LogP contribution >= 0.6 is 0 Å². The van der Waals surface area contributed by atoms with Crippen molar-refractivity contribution in [3.8, 4) is 0 Å². The van der Waals surface area contributed by atoms with Gasteiger partial charge in [0.2, 0.25) is 0 Å². The molecule has 0 atom stereocenters. The average Bonchev–Trinajstić information content (AvgIpc) is 2.17. The summed E-state index contributed by atoms with van der Waals surface area (Å²) in [5.41, 5.74) is 2.07. The fourth-order valence-electron chi connectivity index (χ4n) is 0.929. The molecule has 0 aliphatic carbocycles. The molecule has 1 nitrogen and oxygen atoms in total. The highest BCUT2D eigenvalue weighted by molar-refractivity contribution is 5.80. The van der Waals surface area contributed by atoms with Crippen molar-refractivity contribution in [3.63, 3.8) is 0 Å². The van der Waals surface area contributed by atoms with Crippen LogP contribution in [0.4, 0.5) is 0 Å². The molecule has 0 N–H and O–H groups in total. The van der Waals surface area contributed by atoms with Crippen molar-refractivity contribution in [2.24, 2.45) is 4.99 Å². The molecule has 0 heterocycles. The molecule has 0 fully saturated rings. The van der Waals surface area contributed by atoms with E-state index in [1.807, 2.05) is 49.5 Å². The lowest BCUT2D eigenvalue weighted by Crippen LogP contribution is -1.79. The van der Waals surface area contributed by atoms with E-state index in [0.717, 1.165) is 11.3 Å². The van der Waals surface area contributed by atoms with Crippen LogP contribution < -0.4 is 0 Å². The van der Waals surface area contributed by atoms with Crippen LogP contribution in [0.2, 0.25) is 0 Å². The Balaban J connectivity index is 2.69. The summed E-state index contributed by atoms with van der Waals surface area (Å²) >= 11 is 0. The fraction of sp³-hybridized carbons (Fsp3) is 0.0833. The largest absolute Gasteiger partial charge is 0.261 e. The number of hydrogen-bond donors (Lipinski definition) is 0. The van der Waals surface area contributed by atoms with E-state index in [0.29, 0.717) is 0 Å². The van der Waals surface area contributed by atoms with Gasteiger partial charge < -0.3 is 0 Å². The van der Waals surface area contributed by atoms with Crippen molar-refractivity contribution in [2.45, 2.75) is 6.92 Å². The molecular weight excluding hydrogens is 158 g/mol. The first-order valence-electron chi connectivity index (χ1n) is 4.21. The second-order valence-electron chi connectivity index (χ2n) is 2.71. The monoisotopic (exact) mass is 171 g/mol. The molecule has 1 aromatic rings. The smallest absolute Gasteiger partial charge is 0.0372 e. The van der Waals surface area contributed by atoms with Gasteiger partial charge in [-0.1, -0.05) is 43.0 Å². The van der Waals surface area contributed by atoms with Gasteiger partial charge in [0.05, 0.1) is 0 Å². The SMILES string of the molecule is C=C/C=C(/C)N=Cc1ccccc1. The fourth-order valence-corrected chi connectivity index (χ4v) is 0.929. The van der Waals surface area contributed by atoms with Crippen LogP contribution in [0.1, 0.15) is 12.5 Å². The zero-order valence-electron chi connectivity index (χ0n) is 7.77. The number of rotatable bonds is 3. The first-order valence-corrected chi connectivity index (χ1v) is 4.21. The molecule has 0 amide bonds. The maximum Gasteiger partial charge on any atom is 0.0372 e. The van der Waals surface area contributed by atoms with Crippen molar-refractivity contribution in [1.29, 1.82) is 0 Å². The quantitative estimate of drug-likeness (QED) is 0.489. The number of hydrogen-bond acceptors (Lipinski definition) is 1. The van der Waals surface area contributed by atoms with E-state index in [1.54, 1.807) is 6.08 Å². The standard InChI is InChI=1S/C12H13N/c1-3-7-11(2)13-10-12-8-5-4-6-9-12/h3-10H,1H2,2H3/b11-7-,13-10?. The van der Waals surface area contributed by atoms with Gasteiger partial charge in [0.25, 0.3) is 0 Å². The van der Waals surface area contributed by atoms with Gasteiger partial charge in [0, 0.05) is 11.9 Å². The number of aliphatic imine (C=N–C) groups is 1. The highest BCUT2D eigenvalue weighted by atomic mass is 14.7. The number of benzene rings is 1. The molecule has 0 saturated heterocycles. The zero-order valence-corrected chi connectivity index (χ0v) is 7.77. The molecular formula is C12H13N. The summed E-state index contributed by atoms with van der Waals surface area (Å²) in [7, 11) is 0. The Hall–Kier alpha value is -1.63. The van der Waals surface area contributed by atoms with Crippen LogP contribution in [0.3, 0.4) is 0 Å². The van der Waals surface area contributed by atoms with E-state index < -0.39 is 0 Å². The van der Waals surface area contributed by atoms with E-state index in [1.165, 1.54) is 0 Å². The Morgan fingerprint density at radius 1 is 1.31 bits per heavy atom. The molecule has 0 spiro atoms. The Morgan fingerprint density at radius 2 is 2.00 bits per heavy atom. The predicted molar refractivity (Wildman–Crippen MR) is 58.0 cm³/mol. The van der Waals surface area contributed by atoms with Gasteiger partial charge in [0.15, 0.2) is 0 Å². The predicted octanol–water partition coefficient (Wildman–Crippen LogP) is 3.20. The van der Waals surface area contributed by atoms with Gasteiger partial charge in [-0.15, -0.1) is 0 Å². The van der Waals surface area contributed by atoms with E-state index in [4.69, 9.17) is 0 Å². The minimum Gasteiger partial charge on any atom is -0.261 e. The molecule has 1 heteroatoms. The normalized spacial score (nSPS) is 11.9. The summed E-state index contributed by atoms with van der Waals surface area (Å²) in [5.74, 6) is 0. The molecule has 0 unspecified atom stereocenters. The van der Waals surface area contributed by atoms with Crippen molar-refractivity contribution >= 4 is 6.21 Å². The van der Waals surface area contributed by atoms with Crippen molar-refractivity contribution in [1.82, 2.24) is 0 Å². The summed E-state index contributed by atoms with van der Waals surface area (Å²) in [4.78, 5) is 4.25. The number of allylic oxidation sites excluding steroid dienone is 3. The Kier molecular flexibility index (Phi) is 3.71. The molecule has 0 aliphatic heterocycles. The van der Waals surface area contributed by atoms with Crippen LogP contribution in [-0.4, -0.2) is 6.21 Å². The second-order valence-corrected chi connectivity index (χ2v) is 2.71. The molecule has 66 valence electrons.